The van der Waals surface area contributed by atoms with Crippen LogP contribution in [-0.2, 0) is 9.59 Å². The number of aromatic nitrogens is 1. The topological polar surface area (TPSA) is 100 Å². The maximum absolute atomic E-state index is 12.7. The number of halogens is 1. The van der Waals surface area contributed by atoms with Gasteiger partial charge in [-0.3, -0.25) is 19.4 Å². The van der Waals surface area contributed by atoms with Gasteiger partial charge in [0.1, 0.15) is 12.1 Å². The number of amides is 3. The fraction of sp³-hybridized carbons (Fsp3) is 0.333. The first-order valence-electron chi connectivity index (χ1n) is 9.28. The van der Waals surface area contributed by atoms with E-state index >= 15 is 0 Å². The Morgan fingerprint density at radius 3 is 2.21 bits per heavy atom. The number of hydrogen-bond acceptors (Lipinski definition) is 4. The van der Waals surface area contributed by atoms with E-state index in [4.69, 9.17) is 0 Å². The monoisotopic (exact) mass is 460 g/mol. The zero-order valence-corrected chi connectivity index (χ0v) is 18.4. The number of carbonyl (C=O) groups excluding carboxylic acids is 3. The van der Waals surface area contributed by atoms with Crippen molar-refractivity contribution < 1.29 is 14.4 Å². The number of benzene rings is 1. The van der Waals surface area contributed by atoms with Gasteiger partial charge in [0.15, 0.2) is 0 Å². The van der Waals surface area contributed by atoms with Crippen molar-refractivity contribution in [1.82, 2.24) is 15.6 Å². The summed E-state index contributed by atoms with van der Waals surface area (Å²) in [6.45, 7) is 7.03. The molecule has 0 bridgehead atoms. The molecule has 1 aromatic heterocycles. The van der Waals surface area contributed by atoms with Gasteiger partial charge in [-0.1, -0.05) is 29.8 Å². The minimum atomic E-state index is -0.784. The Bertz CT molecular complexity index is 884. The van der Waals surface area contributed by atoms with Crippen molar-refractivity contribution in [3.63, 3.8) is 0 Å². The lowest BCUT2D eigenvalue weighted by Gasteiger charge is -2.24. The van der Waals surface area contributed by atoms with Crippen molar-refractivity contribution in [2.24, 2.45) is 5.92 Å². The lowest BCUT2D eigenvalue weighted by atomic mass is 10.0. The Morgan fingerprint density at radius 2 is 1.62 bits per heavy atom. The van der Waals surface area contributed by atoms with Gasteiger partial charge < -0.3 is 16.0 Å². The van der Waals surface area contributed by atoms with Gasteiger partial charge in [0.2, 0.25) is 11.8 Å². The van der Waals surface area contributed by atoms with Crippen LogP contribution in [-0.4, -0.2) is 34.8 Å². The standard InChI is InChI=1S/C21H25BrN4O3/c1-12(2)18(26-20(28)15-7-9-16(22)10-8-15)21(29)24-14(4)19(27)25-17-6-5-11-23-13(17)3/h5-12,14,18H,1-4H3,(H,24,29)(H,25,27)(H,26,28)/t14-,18?/m0/s1. The Morgan fingerprint density at radius 1 is 0.966 bits per heavy atom. The predicted molar refractivity (Wildman–Crippen MR) is 115 cm³/mol. The van der Waals surface area contributed by atoms with Crippen LogP contribution in [0.1, 0.15) is 36.8 Å². The molecule has 2 aromatic rings. The van der Waals surface area contributed by atoms with E-state index in [0.29, 0.717) is 16.9 Å². The Hall–Kier alpha value is -2.74. The fourth-order valence-electron chi connectivity index (χ4n) is 2.59. The Balaban J connectivity index is 2.00. The molecular formula is C21H25BrN4O3. The number of hydrogen-bond donors (Lipinski definition) is 3. The van der Waals surface area contributed by atoms with Crippen LogP contribution in [0.4, 0.5) is 5.69 Å². The molecule has 3 amide bonds. The van der Waals surface area contributed by atoms with E-state index in [2.05, 4.69) is 36.9 Å². The molecule has 1 unspecified atom stereocenters. The zero-order valence-electron chi connectivity index (χ0n) is 16.8. The summed E-state index contributed by atoms with van der Waals surface area (Å²) >= 11 is 3.32. The highest BCUT2D eigenvalue weighted by Crippen LogP contribution is 2.12. The van der Waals surface area contributed by atoms with E-state index in [1.165, 1.54) is 0 Å². The van der Waals surface area contributed by atoms with E-state index in [0.717, 1.165) is 4.47 Å². The molecular weight excluding hydrogens is 436 g/mol. The lowest BCUT2D eigenvalue weighted by molar-refractivity contribution is -0.128. The van der Waals surface area contributed by atoms with Gasteiger partial charge >= 0.3 is 0 Å². The number of carbonyl (C=O) groups is 3. The van der Waals surface area contributed by atoms with Gasteiger partial charge in [0.25, 0.3) is 5.91 Å². The molecule has 0 saturated carbocycles. The molecule has 0 fully saturated rings. The quantitative estimate of drug-likeness (QED) is 0.590. The molecule has 0 saturated heterocycles. The number of rotatable bonds is 7. The number of aryl methyl sites for hydroxylation is 1. The predicted octanol–water partition coefficient (Wildman–Crippen LogP) is 3.05. The van der Waals surface area contributed by atoms with Crippen molar-refractivity contribution in [3.8, 4) is 0 Å². The average molecular weight is 461 g/mol. The molecule has 0 aliphatic rings. The Kier molecular flexibility index (Phi) is 7.90. The number of nitrogens with zero attached hydrogens (tertiary/aromatic N) is 1. The molecule has 0 radical (unpaired) electrons. The summed E-state index contributed by atoms with van der Waals surface area (Å²) in [5.74, 6) is -1.30. The number of nitrogens with one attached hydrogen (secondary N) is 3. The molecule has 0 aliphatic heterocycles. The molecule has 3 N–H and O–H groups in total. The first-order valence-corrected chi connectivity index (χ1v) is 10.1. The first kappa shape index (κ1) is 22.5. The van der Waals surface area contributed by atoms with Crippen LogP contribution >= 0.6 is 15.9 Å². The summed E-state index contributed by atoms with van der Waals surface area (Å²) in [7, 11) is 0. The highest BCUT2D eigenvalue weighted by Gasteiger charge is 2.27. The summed E-state index contributed by atoms with van der Waals surface area (Å²) in [5, 5.41) is 8.17. The normalized spacial score (nSPS) is 12.8. The van der Waals surface area contributed by atoms with Crippen LogP contribution < -0.4 is 16.0 Å². The largest absolute Gasteiger partial charge is 0.343 e. The molecule has 1 aromatic carbocycles. The van der Waals surface area contributed by atoms with Gasteiger partial charge in [-0.2, -0.15) is 0 Å². The number of anilines is 1. The summed E-state index contributed by atoms with van der Waals surface area (Å²) in [5.41, 5.74) is 1.72. The van der Waals surface area contributed by atoms with Gasteiger partial charge in [0, 0.05) is 16.2 Å². The molecule has 7 nitrogen and oxygen atoms in total. The first-order chi connectivity index (χ1) is 13.7. The molecule has 154 valence electrons. The summed E-state index contributed by atoms with van der Waals surface area (Å²) in [6.07, 6.45) is 1.64. The highest BCUT2D eigenvalue weighted by molar-refractivity contribution is 9.10. The third-order valence-electron chi connectivity index (χ3n) is 4.36. The van der Waals surface area contributed by atoms with Crippen molar-refractivity contribution >= 4 is 39.3 Å². The molecule has 2 atom stereocenters. The van der Waals surface area contributed by atoms with Crippen molar-refractivity contribution in [2.45, 2.75) is 39.8 Å². The second-order valence-corrected chi connectivity index (χ2v) is 7.97. The van der Waals surface area contributed by atoms with Crippen LogP contribution in [0.2, 0.25) is 0 Å². The maximum Gasteiger partial charge on any atom is 0.251 e. The molecule has 29 heavy (non-hydrogen) atoms. The van der Waals surface area contributed by atoms with E-state index in [1.54, 1.807) is 56.4 Å². The second-order valence-electron chi connectivity index (χ2n) is 7.06. The summed E-state index contributed by atoms with van der Waals surface area (Å²) in [4.78, 5) is 41.7. The molecule has 1 heterocycles. The Labute approximate surface area is 178 Å². The van der Waals surface area contributed by atoms with Crippen LogP contribution in [0.25, 0.3) is 0 Å². The third-order valence-corrected chi connectivity index (χ3v) is 4.89. The van der Waals surface area contributed by atoms with Gasteiger partial charge in [-0.15, -0.1) is 0 Å². The van der Waals surface area contributed by atoms with Crippen molar-refractivity contribution in [1.29, 1.82) is 0 Å². The van der Waals surface area contributed by atoms with E-state index in [1.807, 2.05) is 13.8 Å². The van der Waals surface area contributed by atoms with Gasteiger partial charge in [0.05, 0.1) is 11.4 Å². The smallest absolute Gasteiger partial charge is 0.251 e. The second kappa shape index (κ2) is 10.2. The lowest BCUT2D eigenvalue weighted by Crippen LogP contribution is -2.53. The van der Waals surface area contributed by atoms with Crippen LogP contribution in [0.5, 0.6) is 0 Å². The minimum absolute atomic E-state index is 0.162. The molecule has 0 aliphatic carbocycles. The van der Waals surface area contributed by atoms with E-state index < -0.39 is 18.0 Å². The average Bonchev–Trinajstić information content (AvgIpc) is 2.67. The van der Waals surface area contributed by atoms with Crippen LogP contribution in [0.15, 0.2) is 47.1 Å². The molecule has 2 rings (SSSR count). The van der Waals surface area contributed by atoms with Crippen molar-refractivity contribution in [2.75, 3.05) is 5.32 Å². The van der Waals surface area contributed by atoms with Crippen molar-refractivity contribution in [3.05, 3.63) is 58.3 Å². The molecule has 8 heteroatoms. The highest BCUT2D eigenvalue weighted by atomic mass is 79.9. The third kappa shape index (κ3) is 6.39. The van der Waals surface area contributed by atoms with E-state index in [-0.39, 0.29) is 17.7 Å². The fourth-order valence-corrected chi connectivity index (χ4v) is 2.85. The zero-order chi connectivity index (χ0) is 21.6. The maximum atomic E-state index is 12.7. The van der Waals surface area contributed by atoms with Gasteiger partial charge in [-0.25, -0.2) is 0 Å². The van der Waals surface area contributed by atoms with Gasteiger partial charge in [-0.05, 0) is 56.2 Å². The molecule has 0 spiro atoms. The van der Waals surface area contributed by atoms with Crippen LogP contribution in [0, 0.1) is 12.8 Å². The minimum Gasteiger partial charge on any atom is -0.343 e. The SMILES string of the molecule is Cc1ncccc1NC(=O)[C@H](C)NC(=O)C(NC(=O)c1ccc(Br)cc1)C(C)C. The summed E-state index contributed by atoms with van der Waals surface area (Å²) < 4.78 is 0.857. The van der Waals surface area contributed by atoms with Crippen LogP contribution in [0.3, 0.4) is 0 Å². The number of pyridine rings is 1. The summed E-state index contributed by atoms with van der Waals surface area (Å²) in [6, 6.07) is 8.75. The van der Waals surface area contributed by atoms with E-state index in [9.17, 15) is 14.4 Å².